The molecule has 2 atom stereocenters. The number of esters is 2. The molecule has 0 aromatic carbocycles. The standard InChI is InChI=1S/C48H84O6/c1-4-6-7-8-9-10-11-18-22-25-28-31-34-38-45(50)39-36-41-47(51)53-43-46(42-49)54-48(52)40-35-32-29-26-23-20-17-15-13-12-14-16-19-21-24-27-30-33-37-44(3)5-2/h9-10,18,22,28,31,34,38,44,46,49H,4-8,11-17,19-21,23-27,29-30,32-33,35-37,39-43H2,1-3H3/b10-9-,22-18-,31-28-,38-34+/t44?,46-/m0/s1. The number of aliphatic hydroxyl groups is 1. The number of ether oxygens (including phenoxy) is 2. The highest BCUT2D eigenvalue weighted by Crippen LogP contribution is 2.17. The van der Waals surface area contributed by atoms with Gasteiger partial charge < -0.3 is 14.6 Å². The van der Waals surface area contributed by atoms with Crippen molar-refractivity contribution in [3.8, 4) is 0 Å². The molecule has 6 nitrogen and oxygen atoms in total. The number of aliphatic hydroxyl groups excluding tert-OH is 1. The molecular formula is C48H84O6. The Labute approximate surface area is 333 Å². The molecule has 0 fully saturated rings. The van der Waals surface area contributed by atoms with Crippen LogP contribution in [0.25, 0.3) is 0 Å². The highest BCUT2D eigenvalue weighted by molar-refractivity contribution is 5.90. The predicted molar refractivity (Wildman–Crippen MR) is 229 cm³/mol. The summed E-state index contributed by atoms with van der Waals surface area (Å²) in [6.07, 6.45) is 48.9. The molecule has 0 saturated heterocycles. The van der Waals surface area contributed by atoms with Crippen molar-refractivity contribution in [2.45, 2.75) is 219 Å². The van der Waals surface area contributed by atoms with Gasteiger partial charge in [0.1, 0.15) is 6.61 Å². The van der Waals surface area contributed by atoms with Crippen molar-refractivity contribution in [1.82, 2.24) is 0 Å². The quantitative estimate of drug-likeness (QED) is 0.0220. The summed E-state index contributed by atoms with van der Waals surface area (Å²) in [7, 11) is 0. The van der Waals surface area contributed by atoms with Gasteiger partial charge in [-0.3, -0.25) is 14.4 Å². The summed E-state index contributed by atoms with van der Waals surface area (Å²) in [5.74, 6) is 0.0185. The van der Waals surface area contributed by atoms with Crippen LogP contribution in [0, 0.1) is 5.92 Å². The molecule has 1 unspecified atom stereocenters. The summed E-state index contributed by atoms with van der Waals surface area (Å²) >= 11 is 0. The molecule has 0 aliphatic carbocycles. The first-order valence-electron chi connectivity index (χ1n) is 22.5. The molecule has 0 heterocycles. The van der Waals surface area contributed by atoms with E-state index < -0.39 is 18.7 Å². The highest BCUT2D eigenvalue weighted by atomic mass is 16.6. The van der Waals surface area contributed by atoms with Crippen LogP contribution in [0.4, 0.5) is 0 Å². The number of rotatable bonds is 40. The molecule has 6 heteroatoms. The van der Waals surface area contributed by atoms with Crippen LogP contribution in [0.3, 0.4) is 0 Å². The minimum atomic E-state index is -0.862. The number of carbonyl (C=O) groups is 3. The van der Waals surface area contributed by atoms with Gasteiger partial charge in [0, 0.05) is 19.3 Å². The molecular weight excluding hydrogens is 673 g/mol. The summed E-state index contributed by atoms with van der Waals surface area (Å²) in [4.78, 5) is 36.4. The zero-order valence-corrected chi connectivity index (χ0v) is 35.4. The average molecular weight is 757 g/mol. The first-order valence-corrected chi connectivity index (χ1v) is 22.5. The Morgan fingerprint density at radius 3 is 1.63 bits per heavy atom. The van der Waals surface area contributed by atoms with E-state index in [1.54, 1.807) is 6.08 Å². The predicted octanol–water partition coefficient (Wildman–Crippen LogP) is 13.6. The number of ketones is 1. The molecule has 0 aliphatic rings. The number of carbonyl (C=O) groups excluding carboxylic acids is 3. The van der Waals surface area contributed by atoms with E-state index in [0.29, 0.717) is 12.8 Å². The van der Waals surface area contributed by atoms with Crippen LogP contribution in [0.1, 0.15) is 213 Å². The lowest BCUT2D eigenvalue weighted by molar-refractivity contribution is -0.161. The third kappa shape index (κ3) is 39.2. The summed E-state index contributed by atoms with van der Waals surface area (Å²) < 4.78 is 10.5. The second-order valence-corrected chi connectivity index (χ2v) is 15.4. The van der Waals surface area contributed by atoms with Crippen LogP contribution < -0.4 is 0 Å². The Bertz CT molecular complexity index is 980. The van der Waals surface area contributed by atoms with Gasteiger partial charge in [-0.2, -0.15) is 0 Å². The molecule has 0 rings (SSSR count). The maximum atomic E-state index is 12.2. The zero-order chi connectivity index (χ0) is 39.6. The largest absolute Gasteiger partial charge is 0.462 e. The van der Waals surface area contributed by atoms with Crippen molar-refractivity contribution >= 4 is 17.7 Å². The topological polar surface area (TPSA) is 89.9 Å². The Kier molecular flexibility index (Phi) is 39.8. The van der Waals surface area contributed by atoms with Crippen molar-refractivity contribution in [3.05, 3.63) is 48.6 Å². The molecule has 1 N–H and O–H groups in total. The van der Waals surface area contributed by atoms with Crippen LogP contribution >= 0.6 is 0 Å². The minimum Gasteiger partial charge on any atom is -0.462 e. The highest BCUT2D eigenvalue weighted by Gasteiger charge is 2.16. The monoisotopic (exact) mass is 757 g/mol. The van der Waals surface area contributed by atoms with Crippen molar-refractivity contribution in [3.63, 3.8) is 0 Å². The van der Waals surface area contributed by atoms with E-state index in [1.807, 2.05) is 12.2 Å². The molecule has 0 spiro atoms. The van der Waals surface area contributed by atoms with Crippen molar-refractivity contribution in [1.29, 1.82) is 0 Å². The number of hydrogen-bond acceptors (Lipinski definition) is 6. The number of unbranched alkanes of at least 4 members (excludes halogenated alkanes) is 20. The van der Waals surface area contributed by atoms with Crippen LogP contribution in [-0.4, -0.2) is 42.1 Å². The zero-order valence-electron chi connectivity index (χ0n) is 35.4. The molecule has 54 heavy (non-hydrogen) atoms. The number of allylic oxidation sites excluding steroid dienone is 8. The smallest absolute Gasteiger partial charge is 0.306 e. The van der Waals surface area contributed by atoms with E-state index in [-0.39, 0.29) is 31.2 Å². The van der Waals surface area contributed by atoms with Crippen LogP contribution in [0.15, 0.2) is 48.6 Å². The SMILES string of the molecule is CCCCC/C=C\C/C=C\C/C=C\C=C\C(=O)CCCC(=O)OC[C@H](CO)OC(=O)CCCCCCCCCCCCCCCCCCCCC(C)CC. The molecule has 0 bridgehead atoms. The van der Waals surface area contributed by atoms with Gasteiger partial charge in [-0.05, 0) is 50.5 Å². The maximum absolute atomic E-state index is 12.2. The second-order valence-electron chi connectivity index (χ2n) is 15.4. The summed E-state index contributed by atoms with van der Waals surface area (Å²) in [5, 5.41) is 9.57. The fourth-order valence-electron chi connectivity index (χ4n) is 6.31. The lowest BCUT2D eigenvalue weighted by atomic mass is 9.99. The normalized spacial score (nSPS) is 13.1. The average Bonchev–Trinajstić information content (AvgIpc) is 3.17. The lowest BCUT2D eigenvalue weighted by Gasteiger charge is -2.15. The van der Waals surface area contributed by atoms with E-state index in [2.05, 4.69) is 45.1 Å². The van der Waals surface area contributed by atoms with Crippen LogP contribution in [-0.2, 0) is 23.9 Å². The van der Waals surface area contributed by atoms with Gasteiger partial charge in [0.25, 0.3) is 0 Å². The molecule has 0 aromatic rings. The molecule has 0 saturated carbocycles. The Balaban J connectivity index is 3.66. The van der Waals surface area contributed by atoms with E-state index in [9.17, 15) is 19.5 Å². The first-order chi connectivity index (χ1) is 26.4. The molecule has 312 valence electrons. The van der Waals surface area contributed by atoms with Crippen LogP contribution in [0.2, 0.25) is 0 Å². The summed E-state index contributed by atoms with van der Waals surface area (Å²) in [6.45, 7) is 6.31. The van der Waals surface area contributed by atoms with Gasteiger partial charge in [0.15, 0.2) is 11.9 Å². The van der Waals surface area contributed by atoms with Crippen molar-refractivity contribution < 1.29 is 29.0 Å². The van der Waals surface area contributed by atoms with Gasteiger partial charge in [0.05, 0.1) is 6.61 Å². The third-order valence-electron chi connectivity index (χ3n) is 10.1. The Morgan fingerprint density at radius 1 is 0.556 bits per heavy atom. The molecule has 0 aromatic heterocycles. The van der Waals surface area contributed by atoms with Crippen molar-refractivity contribution in [2.75, 3.05) is 13.2 Å². The molecule has 0 amide bonds. The van der Waals surface area contributed by atoms with Gasteiger partial charge in [-0.25, -0.2) is 0 Å². The van der Waals surface area contributed by atoms with E-state index in [1.165, 1.54) is 134 Å². The van der Waals surface area contributed by atoms with Gasteiger partial charge >= 0.3 is 11.9 Å². The summed E-state index contributed by atoms with van der Waals surface area (Å²) in [5.41, 5.74) is 0. The molecule has 0 radical (unpaired) electrons. The third-order valence-corrected chi connectivity index (χ3v) is 10.1. The van der Waals surface area contributed by atoms with Gasteiger partial charge in [-0.15, -0.1) is 0 Å². The fraction of sp³-hybridized carbons (Fsp3) is 0.771. The number of hydrogen-bond donors (Lipinski definition) is 1. The second kappa shape index (κ2) is 41.7. The maximum Gasteiger partial charge on any atom is 0.306 e. The Morgan fingerprint density at radius 2 is 1.07 bits per heavy atom. The lowest BCUT2D eigenvalue weighted by Crippen LogP contribution is -2.28. The fourth-order valence-corrected chi connectivity index (χ4v) is 6.31. The minimum absolute atomic E-state index is 0.0478. The van der Waals surface area contributed by atoms with Gasteiger partial charge in [-0.1, -0.05) is 198 Å². The summed E-state index contributed by atoms with van der Waals surface area (Å²) in [6, 6.07) is 0. The van der Waals surface area contributed by atoms with Gasteiger partial charge in [0.2, 0.25) is 0 Å². The van der Waals surface area contributed by atoms with Crippen LogP contribution in [0.5, 0.6) is 0 Å². The molecule has 0 aliphatic heterocycles. The van der Waals surface area contributed by atoms with E-state index in [4.69, 9.17) is 9.47 Å². The van der Waals surface area contributed by atoms with E-state index in [0.717, 1.165) is 44.4 Å². The first kappa shape index (κ1) is 51.5. The van der Waals surface area contributed by atoms with E-state index >= 15 is 0 Å². The van der Waals surface area contributed by atoms with Crippen molar-refractivity contribution in [2.24, 2.45) is 5.92 Å². The Hall–Kier alpha value is -2.47.